The Bertz CT molecular complexity index is 366. The van der Waals surface area contributed by atoms with Gasteiger partial charge in [0.1, 0.15) is 0 Å². The minimum Gasteiger partial charge on any atom is -0.479 e. The monoisotopic (exact) mass is 265 g/mol. The second kappa shape index (κ2) is 5.12. The quantitative estimate of drug-likeness (QED) is 0.541. The molecule has 1 fully saturated rings. The van der Waals surface area contributed by atoms with E-state index in [0.717, 1.165) is 0 Å². The van der Waals surface area contributed by atoms with E-state index in [-0.39, 0.29) is 10.8 Å². The van der Waals surface area contributed by atoms with Crippen LogP contribution < -0.4 is 0 Å². The maximum Gasteiger partial charge on any atom is 0.339 e. The minimum atomic E-state index is -2.39. The number of aliphatic carboxylic acids is 2. The highest BCUT2D eigenvalue weighted by Gasteiger charge is 2.41. The summed E-state index contributed by atoms with van der Waals surface area (Å²) in [7, 11) is 0. The minimum absolute atomic E-state index is 0.135. The highest BCUT2D eigenvalue weighted by molar-refractivity contribution is 8.14. The van der Waals surface area contributed by atoms with Crippen molar-refractivity contribution >= 4 is 34.8 Å². The molecule has 10 heteroatoms. The van der Waals surface area contributed by atoms with Crippen molar-refractivity contribution in [2.24, 2.45) is 0 Å². The van der Waals surface area contributed by atoms with Crippen molar-refractivity contribution in [1.29, 1.82) is 0 Å². The fourth-order valence-corrected chi connectivity index (χ4v) is 1.55. The summed E-state index contributed by atoms with van der Waals surface area (Å²) in [6.45, 7) is 0. The van der Waals surface area contributed by atoms with E-state index in [1.165, 1.54) is 0 Å². The molecule has 1 aliphatic rings. The molecule has 0 saturated carbocycles. The van der Waals surface area contributed by atoms with Crippen LogP contribution in [-0.2, 0) is 19.2 Å². The normalized spacial score (nSPS) is 19.2. The van der Waals surface area contributed by atoms with Crippen LogP contribution in [0.5, 0.6) is 0 Å². The molecule has 1 saturated heterocycles. The summed E-state index contributed by atoms with van der Waals surface area (Å²) in [4.78, 5) is 47.6. The number of rotatable bonds is 5. The third kappa shape index (κ3) is 2.93. The van der Waals surface area contributed by atoms with Gasteiger partial charge in [-0.3, -0.25) is 9.59 Å². The van der Waals surface area contributed by atoms with Crippen LogP contribution in [0.3, 0.4) is 0 Å². The van der Waals surface area contributed by atoms with Crippen LogP contribution in [0.4, 0.5) is 4.79 Å². The zero-order valence-corrected chi connectivity index (χ0v) is 8.92. The van der Waals surface area contributed by atoms with Gasteiger partial charge in [-0.05, 0) is 0 Å². The van der Waals surface area contributed by atoms with Gasteiger partial charge >= 0.3 is 17.2 Å². The number of aliphatic hydroxyl groups is 1. The van der Waals surface area contributed by atoms with E-state index in [1.54, 1.807) is 0 Å². The Morgan fingerprint density at radius 2 is 1.88 bits per heavy atom. The molecule has 94 valence electrons. The van der Waals surface area contributed by atoms with Crippen molar-refractivity contribution in [3.63, 3.8) is 0 Å². The van der Waals surface area contributed by atoms with Crippen LogP contribution in [0.1, 0.15) is 0 Å². The lowest BCUT2D eigenvalue weighted by Crippen LogP contribution is -2.47. The van der Waals surface area contributed by atoms with Gasteiger partial charge in [-0.15, -0.1) is 5.06 Å². The standard InChI is InChI=1S/C7H7NO8S/c9-2-1-17-7(15)8(2)16-4(6(13)14)3(10)5(11)12/h3-4,10H,1H2,(H,11,12)(H,13,14)/t3-,4-/m1/s1. The van der Waals surface area contributed by atoms with E-state index in [0.29, 0.717) is 11.8 Å². The fourth-order valence-electron chi connectivity index (χ4n) is 0.925. The van der Waals surface area contributed by atoms with E-state index < -0.39 is 35.3 Å². The number of carboxylic acid groups (broad SMARTS) is 2. The van der Waals surface area contributed by atoms with Gasteiger partial charge in [0.05, 0.1) is 5.75 Å². The Morgan fingerprint density at radius 1 is 1.29 bits per heavy atom. The largest absolute Gasteiger partial charge is 0.479 e. The lowest BCUT2D eigenvalue weighted by atomic mass is 10.2. The Hall–Kier alpha value is -1.65. The Morgan fingerprint density at radius 3 is 2.24 bits per heavy atom. The zero-order valence-electron chi connectivity index (χ0n) is 8.10. The average molecular weight is 265 g/mol. The topological polar surface area (TPSA) is 141 Å². The highest BCUT2D eigenvalue weighted by atomic mass is 32.2. The molecule has 0 bridgehead atoms. The first-order valence-corrected chi connectivity index (χ1v) is 5.13. The predicted molar refractivity (Wildman–Crippen MR) is 50.9 cm³/mol. The fraction of sp³-hybridized carbons (Fsp3) is 0.429. The van der Waals surface area contributed by atoms with Gasteiger partial charge in [0.25, 0.3) is 5.91 Å². The summed E-state index contributed by atoms with van der Waals surface area (Å²) in [5.41, 5.74) is 0. The number of carboxylic acids is 2. The van der Waals surface area contributed by atoms with E-state index >= 15 is 0 Å². The number of carbonyl (C=O) groups excluding carboxylic acids is 2. The number of hydroxylamine groups is 2. The van der Waals surface area contributed by atoms with Crippen molar-refractivity contribution in [1.82, 2.24) is 5.06 Å². The summed E-state index contributed by atoms with van der Waals surface area (Å²) in [6, 6.07) is 0. The van der Waals surface area contributed by atoms with Gasteiger partial charge in [0.15, 0.2) is 6.10 Å². The van der Waals surface area contributed by atoms with Crippen molar-refractivity contribution in [3.05, 3.63) is 0 Å². The van der Waals surface area contributed by atoms with Gasteiger partial charge in [-0.2, -0.15) is 0 Å². The second-order valence-electron chi connectivity index (χ2n) is 2.89. The van der Waals surface area contributed by atoms with Crippen molar-refractivity contribution in [3.8, 4) is 0 Å². The molecule has 3 N–H and O–H groups in total. The Kier molecular flexibility index (Phi) is 4.04. The summed E-state index contributed by atoms with van der Waals surface area (Å²) in [6.07, 6.45) is -4.63. The number of hydrogen-bond donors (Lipinski definition) is 3. The first-order valence-electron chi connectivity index (χ1n) is 4.14. The van der Waals surface area contributed by atoms with Crippen LogP contribution in [0, 0.1) is 0 Å². The van der Waals surface area contributed by atoms with Crippen LogP contribution in [0.25, 0.3) is 0 Å². The molecule has 0 radical (unpaired) electrons. The number of carbonyl (C=O) groups is 4. The number of thioether (sulfide) groups is 1. The molecular formula is C7H7NO8S. The van der Waals surface area contributed by atoms with Gasteiger partial charge < -0.3 is 15.3 Å². The maximum atomic E-state index is 11.1. The van der Waals surface area contributed by atoms with Crippen LogP contribution in [-0.4, -0.2) is 61.4 Å². The lowest BCUT2D eigenvalue weighted by molar-refractivity contribution is -0.208. The summed E-state index contributed by atoms with van der Waals surface area (Å²) in [5, 5.41) is 25.3. The highest BCUT2D eigenvalue weighted by Crippen LogP contribution is 2.20. The summed E-state index contributed by atoms with van der Waals surface area (Å²) < 4.78 is 0. The van der Waals surface area contributed by atoms with E-state index in [2.05, 4.69) is 4.84 Å². The van der Waals surface area contributed by atoms with E-state index in [1.807, 2.05) is 0 Å². The molecule has 0 aliphatic carbocycles. The van der Waals surface area contributed by atoms with Crippen molar-refractivity contribution in [2.45, 2.75) is 12.2 Å². The third-order valence-electron chi connectivity index (χ3n) is 1.71. The zero-order chi connectivity index (χ0) is 13.2. The molecule has 0 spiro atoms. The van der Waals surface area contributed by atoms with Crippen LogP contribution >= 0.6 is 11.8 Å². The first-order chi connectivity index (χ1) is 7.84. The number of nitrogens with zero attached hydrogens (tertiary/aromatic N) is 1. The average Bonchev–Trinajstić information content (AvgIpc) is 2.54. The Labute approximate surface area is 97.9 Å². The molecule has 0 aromatic carbocycles. The first kappa shape index (κ1) is 13.4. The van der Waals surface area contributed by atoms with Crippen molar-refractivity contribution in [2.75, 3.05) is 5.75 Å². The smallest absolute Gasteiger partial charge is 0.339 e. The SMILES string of the molecule is O=C(O)[C@H](O)[C@@H](ON1C(=O)CSC1=O)C(=O)O. The number of hydrogen-bond acceptors (Lipinski definition) is 7. The van der Waals surface area contributed by atoms with Gasteiger partial charge in [0, 0.05) is 0 Å². The summed E-state index contributed by atoms with van der Waals surface area (Å²) in [5.74, 6) is -4.70. The van der Waals surface area contributed by atoms with Crippen LogP contribution in [0.15, 0.2) is 0 Å². The third-order valence-corrected chi connectivity index (χ3v) is 2.52. The molecule has 1 heterocycles. The number of imide groups is 1. The number of amides is 2. The second-order valence-corrected chi connectivity index (χ2v) is 3.82. The molecule has 0 aromatic heterocycles. The predicted octanol–water partition coefficient (Wildman–Crippen LogP) is -1.49. The van der Waals surface area contributed by atoms with E-state index in [9.17, 15) is 19.2 Å². The van der Waals surface area contributed by atoms with Crippen molar-refractivity contribution < 1.29 is 39.3 Å². The summed E-state index contributed by atoms with van der Waals surface area (Å²) >= 11 is 0.578. The lowest BCUT2D eigenvalue weighted by Gasteiger charge is -2.20. The molecule has 1 rings (SSSR count). The molecule has 1 aliphatic heterocycles. The molecular weight excluding hydrogens is 258 g/mol. The molecule has 9 nitrogen and oxygen atoms in total. The molecule has 0 aromatic rings. The van der Waals surface area contributed by atoms with E-state index in [4.69, 9.17) is 15.3 Å². The van der Waals surface area contributed by atoms with Gasteiger partial charge in [-0.25, -0.2) is 14.4 Å². The van der Waals surface area contributed by atoms with Gasteiger partial charge in [0.2, 0.25) is 6.10 Å². The van der Waals surface area contributed by atoms with Crippen LogP contribution in [0.2, 0.25) is 0 Å². The molecule has 0 unspecified atom stereocenters. The maximum absolute atomic E-state index is 11.1. The molecule has 2 amide bonds. The Balaban J connectivity index is 2.80. The molecule has 2 atom stereocenters. The molecule has 17 heavy (non-hydrogen) atoms. The number of aliphatic hydroxyl groups excluding tert-OH is 1. The van der Waals surface area contributed by atoms with Gasteiger partial charge in [-0.1, -0.05) is 11.8 Å².